The van der Waals surface area contributed by atoms with Gasteiger partial charge in [0.1, 0.15) is 0 Å². The molecular formula is C14H18ClNO3. The minimum absolute atomic E-state index is 0.208. The molecule has 0 aliphatic carbocycles. The van der Waals surface area contributed by atoms with Crippen LogP contribution in [0.1, 0.15) is 28.8 Å². The number of aryl methyl sites for hydroxylation is 1. The number of carbonyl (C=O) groups is 1. The summed E-state index contributed by atoms with van der Waals surface area (Å²) < 4.78 is 5.20. The average molecular weight is 284 g/mol. The van der Waals surface area contributed by atoms with Gasteiger partial charge in [-0.05, 0) is 24.6 Å². The van der Waals surface area contributed by atoms with E-state index in [1.54, 1.807) is 18.2 Å². The quantitative estimate of drug-likeness (QED) is 0.891. The summed E-state index contributed by atoms with van der Waals surface area (Å²) in [7, 11) is 0. The van der Waals surface area contributed by atoms with E-state index in [1.807, 2.05) is 6.92 Å². The molecule has 1 aromatic rings. The Morgan fingerprint density at radius 3 is 2.84 bits per heavy atom. The summed E-state index contributed by atoms with van der Waals surface area (Å²) in [6.07, 6.45) is 1.09. The molecule has 0 spiro atoms. The highest BCUT2D eigenvalue weighted by atomic mass is 35.5. The van der Waals surface area contributed by atoms with Crippen LogP contribution in [0.15, 0.2) is 18.2 Å². The average Bonchev–Trinajstić information content (AvgIpc) is 2.40. The van der Waals surface area contributed by atoms with Crippen molar-refractivity contribution in [3.05, 3.63) is 34.3 Å². The molecule has 1 heterocycles. The van der Waals surface area contributed by atoms with Crippen molar-refractivity contribution in [2.24, 2.45) is 0 Å². The van der Waals surface area contributed by atoms with Crippen LogP contribution in [0, 0.1) is 6.92 Å². The first-order valence-corrected chi connectivity index (χ1v) is 6.72. The number of nitrogens with one attached hydrogen (secondary N) is 1. The van der Waals surface area contributed by atoms with Crippen molar-refractivity contribution in [1.29, 1.82) is 0 Å². The molecule has 1 aromatic carbocycles. The third kappa shape index (κ3) is 3.69. The molecule has 2 N–H and O–H groups in total. The second kappa shape index (κ2) is 5.90. The number of halogens is 1. The normalized spacial score (nSPS) is 18.1. The van der Waals surface area contributed by atoms with Crippen LogP contribution in [0.4, 0.5) is 0 Å². The molecule has 0 unspecified atom stereocenters. The van der Waals surface area contributed by atoms with Gasteiger partial charge in [0.15, 0.2) is 0 Å². The number of aliphatic hydroxyl groups is 1. The van der Waals surface area contributed by atoms with Crippen molar-refractivity contribution in [2.75, 3.05) is 19.8 Å². The number of carbonyl (C=O) groups excluding carboxylic acids is 1. The molecule has 104 valence electrons. The fraction of sp³-hybridized carbons (Fsp3) is 0.500. The molecule has 1 aliphatic heterocycles. The minimum Gasteiger partial charge on any atom is -0.388 e. The SMILES string of the molecule is Cc1ccc(Cl)cc1C(=O)NCC1(O)CCOCC1. The second-order valence-corrected chi connectivity index (χ2v) is 5.42. The van der Waals surface area contributed by atoms with Crippen molar-refractivity contribution in [2.45, 2.75) is 25.4 Å². The van der Waals surface area contributed by atoms with Crippen LogP contribution >= 0.6 is 11.6 Å². The smallest absolute Gasteiger partial charge is 0.251 e. The van der Waals surface area contributed by atoms with Crippen molar-refractivity contribution >= 4 is 17.5 Å². The summed E-state index contributed by atoms with van der Waals surface area (Å²) in [6.45, 7) is 3.15. The Kier molecular flexibility index (Phi) is 4.45. The molecule has 4 nitrogen and oxygen atoms in total. The first kappa shape index (κ1) is 14.3. The van der Waals surface area contributed by atoms with E-state index >= 15 is 0 Å². The van der Waals surface area contributed by atoms with E-state index in [1.165, 1.54) is 0 Å². The van der Waals surface area contributed by atoms with E-state index in [0.29, 0.717) is 36.6 Å². The molecule has 1 amide bonds. The van der Waals surface area contributed by atoms with Crippen LogP contribution in [-0.2, 0) is 4.74 Å². The molecule has 1 fully saturated rings. The summed E-state index contributed by atoms with van der Waals surface area (Å²) in [5.74, 6) is -0.208. The highest BCUT2D eigenvalue weighted by Gasteiger charge is 2.30. The summed E-state index contributed by atoms with van der Waals surface area (Å²) in [5.41, 5.74) is 0.546. The van der Waals surface area contributed by atoms with Crippen LogP contribution in [0.3, 0.4) is 0 Å². The molecular weight excluding hydrogens is 266 g/mol. The van der Waals surface area contributed by atoms with Gasteiger partial charge in [-0.2, -0.15) is 0 Å². The van der Waals surface area contributed by atoms with Crippen LogP contribution in [0.2, 0.25) is 5.02 Å². The van der Waals surface area contributed by atoms with E-state index in [9.17, 15) is 9.90 Å². The molecule has 1 saturated heterocycles. The second-order valence-electron chi connectivity index (χ2n) is 4.98. The lowest BCUT2D eigenvalue weighted by atomic mass is 9.94. The number of hydrogen-bond acceptors (Lipinski definition) is 3. The van der Waals surface area contributed by atoms with E-state index in [0.717, 1.165) is 5.56 Å². The van der Waals surface area contributed by atoms with Crippen LogP contribution in [-0.4, -0.2) is 36.4 Å². The van der Waals surface area contributed by atoms with Gasteiger partial charge in [0.05, 0.1) is 5.60 Å². The highest BCUT2D eigenvalue weighted by Crippen LogP contribution is 2.20. The first-order valence-electron chi connectivity index (χ1n) is 6.35. The largest absolute Gasteiger partial charge is 0.388 e. The fourth-order valence-corrected chi connectivity index (χ4v) is 2.28. The maximum Gasteiger partial charge on any atom is 0.251 e. The Balaban J connectivity index is 1.99. The molecule has 0 saturated carbocycles. The van der Waals surface area contributed by atoms with E-state index < -0.39 is 5.60 Å². The van der Waals surface area contributed by atoms with Gasteiger partial charge in [-0.15, -0.1) is 0 Å². The number of hydrogen-bond donors (Lipinski definition) is 2. The monoisotopic (exact) mass is 283 g/mol. The maximum atomic E-state index is 12.1. The van der Waals surface area contributed by atoms with Gasteiger partial charge >= 0.3 is 0 Å². The predicted molar refractivity (Wildman–Crippen MR) is 73.5 cm³/mol. The van der Waals surface area contributed by atoms with E-state index in [2.05, 4.69) is 5.32 Å². The standard InChI is InChI=1S/C14H18ClNO3/c1-10-2-3-11(15)8-12(10)13(17)16-9-14(18)4-6-19-7-5-14/h2-3,8,18H,4-7,9H2,1H3,(H,16,17). The van der Waals surface area contributed by atoms with Gasteiger partial charge in [-0.1, -0.05) is 17.7 Å². The molecule has 0 radical (unpaired) electrons. The van der Waals surface area contributed by atoms with Crippen molar-refractivity contribution in [1.82, 2.24) is 5.32 Å². The van der Waals surface area contributed by atoms with Gasteiger partial charge in [0.25, 0.3) is 5.91 Å². The summed E-state index contributed by atoms with van der Waals surface area (Å²) >= 11 is 5.89. The number of benzene rings is 1. The third-order valence-corrected chi connectivity index (χ3v) is 3.68. The lowest BCUT2D eigenvalue weighted by molar-refractivity contribution is -0.0605. The zero-order chi connectivity index (χ0) is 13.9. The Bertz CT molecular complexity index is 470. The lowest BCUT2D eigenvalue weighted by Gasteiger charge is -2.32. The Hall–Kier alpha value is -1.10. The first-order chi connectivity index (χ1) is 9.00. The number of amides is 1. The van der Waals surface area contributed by atoms with Gasteiger partial charge in [-0.25, -0.2) is 0 Å². The minimum atomic E-state index is -0.861. The zero-order valence-corrected chi connectivity index (χ0v) is 11.7. The predicted octanol–water partition coefficient (Wildman–Crippen LogP) is 1.92. The molecule has 0 atom stereocenters. The summed E-state index contributed by atoms with van der Waals surface area (Å²) in [6, 6.07) is 5.19. The summed E-state index contributed by atoms with van der Waals surface area (Å²) in [5, 5.41) is 13.6. The molecule has 1 aliphatic rings. The molecule has 0 bridgehead atoms. The van der Waals surface area contributed by atoms with Gasteiger partial charge < -0.3 is 15.2 Å². The van der Waals surface area contributed by atoms with E-state index in [4.69, 9.17) is 16.3 Å². The number of ether oxygens (including phenoxy) is 1. The Labute approximate surface area is 117 Å². The van der Waals surface area contributed by atoms with Crippen molar-refractivity contribution in [3.63, 3.8) is 0 Å². The van der Waals surface area contributed by atoms with Crippen LogP contribution < -0.4 is 5.32 Å². The molecule has 5 heteroatoms. The van der Waals surface area contributed by atoms with Crippen LogP contribution in [0.5, 0.6) is 0 Å². The topological polar surface area (TPSA) is 58.6 Å². The molecule has 2 rings (SSSR count). The fourth-order valence-electron chi connectivity index (χ4n) is 2.11. The van der Waals surface area contributed by atoms with Gasteiger partial charge in [-0.3, -0.25) is 4.79 Å². The Morgan fingerprint density at radius 1 is 1.47 bits per heavy atom. The van der Waals surface area contributed by atoms with Crippen LogP contribution in [0.25, 0.3) is 0 Å². The highest BCUT2D eigenvalue weighted by molar-refractivity contribution is 6.31. The molecule has 0 aromatic heterocycles. The molecule has 19 heavy (non-hydrogen) atoms. The number of rotatable bonds is 3. The lowest BCUT2D eigenvalue weighted by Crippen LogP contribution is -2.46. The zero-order valence-electron chi connectivity index (χ0n) is 10.9. The van der Waals surface area contributed by atoms with Gasteiger partial charge in [0, 0.05) is 43.2 Å². The van der Waals surface area contributed by atoms with Crippen molar-refractivity contribution < 1.29 is 14.6 Å². The maximum absolute atomic E-state index is 12.1. The third-order valence-electron chi connectivity index (χ3n) is 3.45. The summed E-state index contributed by atoms with van der Waals surface area (Å²) in [4.78, 5) is 12.1. The Morgan fingerprint density at radius 2 is 2.16 bits per heavy atom. The van der Waals surface area contributed by atoms with Crippen molar-refractivity contribution in [3.8, 4) is 0 Å². The van der Waals surface area contributed by atoms with Gasteiger partial charge in [0.2, 0.25) is 0 Å². The van der Waals surface area contributed by atoms with E-state index in [-0.39, 0.29) is 12.5 Å².